The second-order valence-corrected chi connectivity index (χ2v) is 6.29. The van der Waals surface area contributed by atoms with Crippen LogP contribution in [-0.2, 0) is 19.6 Å². The fourth-order valence-electron chi connectivity index (χ4n) is 2.65. The van der Waals surface area contributed by atoms with E-state index >= 15 is 0 Å². The lowest BCUT2D eigenvalue weighted by Crippen LogP contribution is -2.11. The van der Waals surface area contributed by atoms with E-state index in [2.05, 4.69) is 25.6 Å². The number of benzene rings is 1. The zero-order valence-electron chi connectivity index (χ0n) is 15.9. The summed E-state index contributed by atoms with van der Waals surface area (Å²) in [6, 6.07) is 7.92. The van der Waals surface area contributed by atoms with Gasteiger partial charge in [-0.3, -0.25) is 0 Å². The number of nitrogens with zero attached hydrogens (tertiary/aromatic N) is 5. The van der Waals surface area contributed by atoms with Gasteiger partial charge in [-0.25, -0.2) is 20.1 Å². The normalized spacial score (nSPS) is 12.0. The predicted octanol–water partition coefficient (Wildman–Crippen LogP) is 4.35. The van der Waals surface area contributed by atoms with E-state index in [1.807, 2.05) is 19.1 Å². The van der Waals surface area contributed by atoms with E-state index in [4.69, 9.17) is 0 Å². The van der Waals surface area contributed by atoms with Gasteiger partial charge < -0.3 is 0 Å². The predicted molar refractivity (Wildman–Crippen MR) is 101 cm³/mol. The van der Waals surface area contributed by atoms with Gasteiger partial charge in [-0.1, -0.05) is 31.2 Å². The molecule has 0 fully saturated rings. The first-order valence-corrected chi connectivity index (χ1v) is 8.72. The summed E-state index contributed by atoms with van der Waals surface area (Å²) in [4.78, 5) is 7.57. The fraction of sp³-hybridized carbons (Fsp3) is 0.263. The molecule has 2 heterocycles. The van der Waals surface area contributed by atoms with Gasteiger partial charge in [0.25, 0.3) is 0 Å². The van der Waals surface area contributed by atoms with Crippen molar-refractivity contribution in [2.75, 3.05) is 5.43 Å². The summed E-state index contributed by atoms with van der Waals surface area (Å²) >= 11 is 0. The monoisotopic (exact) mass is 406 g/mol. The molecule has 152 valence electrons. The van der Waals surface area contributed by atoms with Crippen molar-refractivity contribution in [3.8, 4) is 11.3 Å². The molecule has 0 amide bonds. The minimum Gasteiger partial charge on any atom is -0.245 e. The smallest absolute Gasteiger partial charge is 0.245 e. The van der Waals surface area contributed by atoms with Gasteiger partial charge in [0.1, 0.15) is 0 Å². The maximum Gasteiger partial charge on any atom is 0.433 e. The number of nitrogens with one attached hydrogen (secondary N) is 1. The Labute approximate surface area is 164 Å². The summed E-state index contributed by atoms with van der Waals surface area (Å²) < 4.78 is 54.7. The Balaban J connectivity index is 1.94. The summed E-state index contributed by atoms with van der Waals surface area (Å²) in [7, 11) is 1.43. The minimum absolute atomic E-state index is 0.0939. The Kier molecular flexibility index (Phi) is 5.62. The third kappa shape index (κ3) is 4.58. The van der Waals surface area contributed by atoms with E-state index in [9.17, 15) is 17.6 Å². The largest absolute Gasteiger partial charge is 0.433 e. The van der Waals surface area contributed by atoms with Gasteiger partial charge in [0.05, 0.1) is 23.2 Å². The molecule has 29 heavy (non-hydrogen) atoms. The van der Waals surface area contributed by atoms with E-state index in [-0.39, 0.29) is 17.2 Å². The van der Waals surface area contributed by atoms with Crippen molar-refractivity contribution < 1.29 is 17.6 Å². The molecule has 1 N–H and O–H groups in total. The van der Waals surface area contributed by atoms with Crippen LogP contribution >= 0.6 is 0 Å². The van der Waals surface area contributed by atoms with Crippen molar-refractivity contribution in [1.29, 1.82) is 0 Å². The molecule has 0 atom stereocenters. The maximum absolute atomic E-state index is 13.9. The molecule has 10 heteroatoms. The van der Waals surface area contributed by atoms with Crippen molar-refractivity contribution in [3.63, 3.8) is 0 Å². The molecule has 0 aliphatic carbocycles. The maximum atomic E-state index is 13.9. The lowest BCUT2D eigenvalue weighted by Gasteiger charge is -2.10. The quantitative estimate of drug-likeness (QED) is 0.389. The van der Waals surface area contributed by atoms with E-state index in [1.54, 1.807) is 19.1 Å². The number of hydrogen-bond donors (Lipinski definition) is 1. The molecule has 0 aliphatic rings. The van der Waals surface area contributed by atoms with Gasteiger partial charge in [-0.05, 0) is 25.0 Å². The van der Waals surface area contributed by atoms with E-state index in [0.717, 1.165) is 28.9 Å². The molecule has 0 saturated heterocycles. The fourth-order valence-corrected chi connectivity index (χ4v) is 2.65. The van der Waals surface area contributed by atoms with Crippen molar-refractivity contribution in [2.24, 2.45) is 12.1 Å². The highest BCUT2D eigenvalue weighted by Crippen LogP contribution is 2.31. The standard InChI is InChI=1S/C19H18F4N6/c1-4-12-5-7-13(8-6-12)15-9-16(19(21,22)23)26-18(25-15)27-24-10-14-11(2)28-29(3)17(14)20/h5-10H,4H2,1-3H3,(H,25,26,27). The van der Waals surface area contributed by atoms with E-state index in [1.165, 1.54) is 7.05 Å². The summed E-state index contributed by atoms with van der Waals surface area (Å²) in [6.07, 6.45) is -2.73. The molecule has 0 spiro atoms. The number of hydrazone groups is 1. The zero-order chi connectivity index (χ0) is 21.2. The van der Waals surface area contributed by atoms with Crippen molar-refractivity contribution >= 4 is 12.2 Å². The average Bonchev–Trinajstić information content (AvgIpc) is 2.93. The van der Waals surface area contributed by atoms with Crippen LogP contribution in [0.2, 0.25) is 0 Å². The minimum atomic E-state index is -4.66. The summed E-state index contributed by atoms with van der Waals surface area (Å²) in [5.41, 5.74) is 3.39. The molecule has 0 radical (unpaired) electrons. The third-order valence-electron chi connectivity index (χ3n) is 4.23. The Morgan fingerprint density at radius 3 is 2.41 bits per heavy atom. The van der Waals surface area contributed by atoms with Gasteiger partial charge in [0.2, 0.25) is 11.9 Å². The number of rotatable bonds is 5. The Morgan fingerprint density at radius 1 is 1.17 bits per heavy atom. The van der Waals surface area contributed by atoms with E-state index < -0.39 is 17.8 Å². The van der Waals surface area contributed by atoms with Crippen LogP contribution in [0, 0.1) is 12.9 Å². The second-order valence-electron chi connectivity index (χ2n) is 6.29. The van der Waals surface area contributed by atoms with Gasteiger partial charge in [0.15, 0.2) is 5.69 Å². The summed E-state index contributed by atoms with van der Waals surface area (Å²) in [5, 5.41) is 7.66. The van der Waals surface area contributed by atoms with Crippen LogP contribution in [0.3, 0.4) is 0 Å². The number of aromatic nitrogens is 4. The molecular weight excluding hydrogens is 388 g/mol. The number of anilines is 1. The van der Waals surface area contributed by atoms with Crippen LogP contribution in [0.5, 0.6) is 0 Å². The van der Waals surface area contributed by atoms with E-state index in [0.29, 0.717) is 11.3 Å². The first-order valence-electron chi connectivity index (χ1n) is 8.72. The summed E-state index contributed by atoms with van der Waals surface area (Å²) in [6.45, 7) is 3.57. The van der Waals surface area contributed by atoms with Gasteiger partial charge in [-0.2, -0.15) is 27.8 Å². The van der Waals surface area contributed by atoms with Crippen molar-refractivity contribution in [1.82, 2.24) is 19.7 Å². The van der Waals surface area contributed by atoms with Crippen molar-refractivity contribution in [2.45, 2.75) is 26.4 Å². The lowest BCUT2D eigenvalue weighted by atomic mass is 10.1. The third-order valence-corrected chi connectivity index (χ3v) is 4.23. The van der Waals surface area contributed by atoms with Crippen LogP contribution < -0.4 is 5.43 Å². The first kappa shape index (κ1) is 20.4. The molecule has 0 unspecified atom stereocenters. The molecule has 1 aromatic carbocycles. The van der Waals surface area contributed by atoms with Crippen LogP contribution in [0.1, 0.15) is 29.4 Å². The van der Waals surface area contributed by atoms with Gasteiger partial charge >= 0.3 is 6.18 Å². The highest BCUT2D eigenvalue weighted by Gasteiger charge is 2.33. The van der Waals surface area contributed by atoms with Crippen LogP contribution in [0.15, 0.2) is 35.4 Å². The number of halogens is 4. The topological polar surface area (TPSA) is 68.0 Å². The molecule has 0 saturated carbocycles. The Hall–Kier alpha value is -3.30. The first-order chi connectivity index (χ1) is 13.7. The van der Waals surface area contributed by atoms with Crippen LogP contribution in [0.4, 0.5) is 23.5 Å². The molecule has 2 aromatic heterocycles. The molecule has 0 aliphatic heterocycles. The van der Waals surface area contributed by atoms with Crippen molar-refractivity contribution in [3.05, 3.63) is 58.8 Å². The van der Waals surface area contributed by atoms with Crippen LogP contribution in [-0.4, -0.2) is 26.0 Å². The number of alkyl halides is 3. The average molecular weight is 406 g/mol. The zero-order valence-corrected chi connectivity index (χ0v) is 15.9. The Morgan fingerprint density at radius 2 is 1.86 bits per heavy atom. The molecule has 3 rings (SSSR count). The van der Waals surface area contributed by atoms with Crippen LogP contribution in [0.25, 0.3) is 11.3 Å². The van der Waals surface area contributed by atoms with Gasteiger partial charge in [-0.15, -0.1) is 0 Å². The summed E-state index contributed by atoms with van der Waals surface area (Å²) in [5.74, 6) is -0.970. The molecular formula is C19H18F4N6. The molecule has 6 nitrogen and oxygen atoms in total. The Bertz CT molecular complexity index is 1040. The highest BCUT2D eigenvalue weighted by atomic mass is 19.4. The second kappa shape index (κ2) is 7.98. The molecule has 3 aromatic rings. The number of aryl methyl sites for hydroxylation is 3. The molecule has 0 bridgehead atoms. The SMILES string of the molecule is CCc1ccc(-c2cc(C(F)(F)F)nc(NN=Cc3c(C)nn(C)c3F)n2)cc1. The van der Waals surface area contributed by atoms with Gasteiger partial charge in [0, 0.05) is 12.6 Å². The lowest BCUT2D eigenvalue weighted by molar-refractivity contribution is -0.141. The highest BCUT2D eigenvalue weighted by molar-refractivity contribution is 5.81. The number of hydrogen-bond acceptors (Lipinski definition) is 5.